The summed E-state index contributed by atoms with van der Waals surface area (Å²) >= 11 is 0. The zero-order valence-corrected chi connectivity index (χ0v) is 14.8. The summed E-state index contributed by atoms with van der Waals surface area (Å²) in [6.07, 6.45) is 0. The first-order chi connectivity index (χ1) is 12.3. The molecule has 0 heterocycles. The predicted octanol–water partition coefficient (Wildman–Crippen LogP) is 3.32. The number of Topliss-reactive ketones (excluding diaryl/α,β-unsaturated/α-hetero) is 1. The maximum atomic E-state index is 12.1. The molecule has 2 aromatic carbocycles. The normalized spacial score (nSPS) is 10.3. The minimum Gasteiger partial charge on any atom is -0.481 e. The molecule has 0 aromatic heterocycles. The second kappa shape index (κ2) is 8.24. The number of carbonyl (C=O) groups excluding carboxylic acids is 2. The van der Waals surface area contributed by atoms with Crippen molar-refractivity contribution in [1.29, 1.82) is 0 Å². The molecule has 0 aliphatic heterocycles. The summed E-state index contributed by atoms with van der Waals surface area (Å²) in [5, 5.41) is 10.9. The van der Waals surface area contributed by atoms with Crippen molar-refractivity contribution in [2.24, 2.45) is 0 Å². The van der Waals surface area contributed by atoms with Crippen molar-refractivity contribution < 1.29 is 24.0 Å². The average molecular weight is 357 g/mol. The molecule has 0 N–H and O–H groups in total. The Morgan fingerprint density at radius 2 is 1.65 bits per heavy atom. The second-order valence-electron chi connectivity index (χ2n) is 5.85. The van der Waals surface area contributed by atoms with E-state index >= 15 is 0 Å². The molecule has 0 radical (unpaired) electrons. The van der Waals surface area contributed by atoms with Gasteiger partial charge in [0.2, 0.25) is 5.78 Å². The zero-order valence-electron chi connectivity index (χ0n) is 14.8. The van der Waals surface area contributed by atoms with Crippen LogP contribution in [0, 0.1) is 30.9 Å². The fourth-order valence-electron chi connectivity index (χ4n) is 2.41. The summed E-state index contributed by atoms with van der Waals surface area (Å²) in [4.78, 5) is 34.2. The molecule has 0 aliphatic carbocycles. The van der Waals surface area contributed by atoms with E-state index in [4.69, 9.17) is 9.47 Å². The van der Waals surface area contributed by atoms with Crippen LogP contribution in [0.1, 0.15) is 27.0 Å². The van der Waals surface area contributed by atoms with Crippen LogP contribution in [0.15, 0.2) is 36.4 Å². The molecule has 7 heteroatoms. The van der Waals surface area contributed by atoms with Crippen LogP contribution >= 0.6 is 0 Å². The van der Waals surface area contributed by atoms with E-state index in [9.17, 15) is 19.7 Å². The molecule has 136 valence electrons. The number of nitro benzene ring substituents is 1. The summed E-state index contributed by atoms with van der Waals surface area (Å²) in [6.45, 7) is 4.47. The Labute approximate surface area is 150 Å². The Balaban J connectivity index is 1.92. The number of benzene rings is 2. The van der Waals surface area contributed by atoms with E-state index in [2.05, 4.69) is 0 Å². The van der Waals surface area contributed by atoms with Gasteiger partial charge in [-0.1, -0.05) is 30.3 Å². The number of esters is 1. The molecule has 0 saturated carbocycles. The predicted molar refractivity (Wildman–Crippen MR) is 94.5 cm³/mol. The first-order valence-corrected chi connectivity index (χ1v) is 7.92. The highest BCUT2D eigenvalue weighted by molar-refractivity contribution is 5.98. The number of para-hydroxylation sites is 1. The van der Waals surface area contributed by atoms with Gasteiger partial charge in [-0.25, -0.2) is 4.79 Å². The van der Waals surface area contributed by atoms with E-state index < -0.39 is 23.3 Å². The maximum Gasteiger partial charge on any atom is 0.344 e. The van der Waals surface area contributed by atoms with Gasteiger partial charge in [-0.05, 0) is 31.9 Å². The van der Waals surface area contributed by atoms with Crippen molar-refractivity contribution in [3.05, 3.63) is 68.8 Å². The van der Waals surface area contributed by atoms with Crippen molar-refractivity contribution in [2.45, 2.75) is 20.8 Å². The quantitative estimate of drug-likeness (QED) is 0.326. The Morgan fingerprint density at radius 3 is 2.27 bits per heavy atom. The lowest BCUT2D eigenvalue weighted by molar-refractivity contribution is -0.385. The number of nitro groups is 1. The van der Waals surface area contributed by atoms with E-state index in [1.165, 1.54) is 18.2 Å². The number of ether oxygens (including phenoxy) is 2. The molecule has 0 saturated heterocycles. The van der Waals surface area contributed by atoms with Gasteiger partial charge < -0.3 is 9.47 Å². The Bertz CT molecular complexity index is 839. The number of ketones is 1. The summed E-state index contributed by atoms with van der Waals surface area (Å²) < 4.78 is 10.4. The molecule has 0 unspecified atom stereocenters. The fourth-order valence-corrected chi connectivity index (χ4v) is 2.41. The van der Waals surface area contributed by atoms with Gasteiger partial charge in [0.1, 0.15) is 5.75 Å². The zero-order chi connectivity index (χ0) is 19.3. The van der Waals surface area contributed by atoms with Crippen molar-refractivity contribution >= 4 is 17.4 Å². The van der Waals surface area contributed by atoms with Crippen molar-refractivity contribution in [1.82, 2.24) is 0 Å². The minimum absolute atomic E-state index is 0.116. The molecule has 0 spiro atoms. The molecule has 0 atom stereocenters. The lowest BCUT2D eigenvalue weighted by atomic mass is 10.1. The van der Waals surface area contributed by atoms with E-state index in [0.717, 1.165) is 11.1 Å². The van der Waals surface area contributed by atoms with Gasteiger partial charge >= 0.3 is 5.97 Å². The van der Waals surface area contributed by atoms with Crippen LogP contribution in [0.2, 0.25) is 0 Å². The van der Waals surface area contributed by atoms with Gasteiger partial charge in [-0.3, -0.25) is 14.9 Å². The van der Waals surface area contributed by atoms with Crippen LogP contribution in [-0.4, -0.2) is 29.9 Å². The Morgan fingerprint density at radius 1 is 1.00 bits per heavy atom. The highest BCUT2D eigenvalue weighted by Crippen LogP contribution is 2.22. The first kappa shape index (κ1) is 19.1. The Hall–Kier alpha value is -3.22. The molecule has 7 nitrogen and oxygen atoms in total. The van der Waals surface area contributed by atoms with Gasteiger partial charge in [-0.15, -0.1) is 0 Å². The number of nitrogens with zero attached hydrogens (tertiary/aromatic N) is 1. The number of hydrogen-bond donors (Lipinski definition) is 0. The summed E-state index contributed by atoms with van der Waals surface area (Å²) in [7, 11) is 0. The van der Waals surface area contributed by atoms with Crippen molar-refractivity contribution in [2.75, 3.05) is 13.2 Å². The molecule has 26 heavy (non-hydrogen) atoms. The molecular weight excluding hydrogens is 338 g/mol. The fraction of sp³-hybridized carbons (Fsp3) is 0.263. The summed E-state index contributed by atoms with van der Waals surface area (Å²) in [5.41, 5.74) is 2.19. The topological polar surface area (TPSA) is 95.7 Å². The van der Waals surface area contributed by atoms with Gasteiger partial charge in [0.25, 0.3) is 5.69 Å². The largest absolute Gasteiger partial charge is 0.481 e. The highest BCUT2D eigenvalue weighted by Gasteiger charge is 2.16. The van der Waals surface area contributed by atoms with Gasteiger partial charge in [0.15, 0.2) is 13.2 Å². The second-order valence-corrected chi connectivity index (χ2v) is 5.85. The molecule has 0 aliphatic rings. The number of hydrogen-bond acceptors (Lipinski definition) is 6. The lowest BCUT2D eigenvalue weighted by Crippen LogP contribution is -2.20. The van der Waals surface area contributed by atoms with E-state index in [1.807, 2.05) is 32.0 Å². The van der Waals surface area contributed by atoms with Crippen LogP contribution in [0.5, 0.6) is 5.75 Å². The third-order valence-corrected chi connectivity index (χ3v) is 3.84. The molecule has 0 fully saturated rings. The maximum absolute atomic E-state index is 12.1. The van der Waals surface area contributed by atoms with Gasteiger partial charge in [0, 0.05) is 17.2 Å². The molecule has 2 aromatic rings. The van der Waals surface area contributed by atoms with E-state index in [1.54, 1.807) is 6.92 Å². The van der Waals surface area contributed by atoms with Crippen molar-refractivity contribution in [3.63, 3.8) is 0 Å². The average Bonchev–Trinajstić information content (AvgIpc) is 2.59. The smallest absolute Gasteiger partial charge is 0.344 e. The third kappa shape index (κ3) is 4.66. The summed E-state index contributed by atoms with van der Waals surface area (Å²) in [6, 6.07) is 9.74. The molecule has 0 bridgehead atoms. The third-order valence-electron chi connectivity index (χ3n) is 3.84. The van der Waals surface area contributed by atoms with Crippen LogP contribution in [0.4, 0.5) is 5.69 Å². The molecule has 2 rings (SSSR count). The van der Waals surface area contributed by atoms with Crippen LogP contribution < -0.4 is 4.74 Å². The summed E-state index contributed by atoms with van der Waals surface area (Å²) in [5.74, 6) is -0.610. The van der Waals surface area contributed by atoms with Gasteiger partial charge in [-0.2, -0.15) is 0 Å². The number of rotatable bonds is 7. The van der Waals surface area contributed by atoms with Crippen LogP contribution in [0.25, 0.3) is 0 Å². The van der Waals surface area contributed by atoms with Crippen LogP contribution in [-0.2, 0) is 9.53 Å². The number of aryl methyl sites for hydroxylation is 3. The SMILES string of the molecule is Cc1ccc(C(=O)COC(=O)COc2c(C)cccc2C)cc1[N+](=O)[O-]. The van der Waals surface area contributed by atoms with Crippen LogP contribution in [0.3, 0.4) is 0 Å². The first-order valence-electron chi connectivity index (χ1n) is 7.92. The van der Waals surface area contributed by atoms with Gasteiger partial charge in [0.05, 0.1) is 4.92 Å². The standard InChI is InChI=1S/C19H19NO6/c1-12-7-8-15(9-16(12)20(23)24)17(21)10-25-18(22)11-26-19-13(2)5-4-6-14(19)3/h4-9H,10-11H2,1-3H3. The van der Waals surface area contributed by atoms with E-state index in [-0.39, 0.29) is 17.9 Å². The molecule has 0 amide bonds. The minimum atomic E-state index is -0.692. The van der Waals surface area contributed by atoms with E-state index in [0.29, 0.717) is 11.3 Å². The Kier molecular flexibility index (Phi) is 6.06. The molecular formula is C19H19NO6. The lowest BCUT2D eigenvalue weighted by Gasteiger charge is -2.11. The monoisotopic (exact) mass is 357 g/mol. The van der Waals surface area contributed by atoms with Crippen molar-refractivity contribution in [3.8, 4) is 5.75 Å². The number of carbonyl (C=O) groups is 2. The highest BCUT2D eigenvalue weighted by atomic mass is 16.6.